The van der Waals surface area contributed by atoms with Gasteiger partial charge in [-0.25, -0.2) is 0 Å². The van der Waals surface area contributed by atoms with E-state index in [1.165, 1.54) is 0 Å². The van der Waals surface area contributed by atoms with Crippen molar-refractivity contribution in [1.82, 2.24) is 4.90 Å². The fourth-order valence-electron chi connectivity index (χ4n) is 2.60. The normalized spacial score (nSPS) is 17.1. The highest BCUT2D eigenvalue weighted by Crippen LogP contribution is 2.25. The van der Waals surface area contributed by atoms with Crippen LogP contribution in [0, 0.1) is 12.3 Å². The summed E-state index contributed by atoms with van der Waals surface area (Å²) in [6, 6.07) is 3.36. The summed E-state index contributed by atoms with van der Waals surface area (Å²) in [5, 5.41) is 0. The molecule has 2 N–H and O–H groups in total. The monoisotopic (exact) mass is 260 g/mol. The number of furan rings is 1. The zero-order valence-corrected chi connectivity index (χ0v) is 11.0. The van der Waals surface area contributed by atoms with Crippen molar-refractivity contribution < 1.29 is 9.21 Å². The van der Waals surface area contributed by atoms with Crippen LogP contribution in [0.5, 0.6) is 0 Å². The van der Waals surface area contributed by atoms with Crippen LogP contribution in [0.2, 0.25) is 0 Å². The lowest BCUT2D eigenvalue weighted by Gasteiger charge is -2.30. The molecule has 1 amide bonds. The number of carbonyl (C=O) groups excluding carboxylic acids is 1. The van der Waals surface area contributed by atoms with E-state index in [-0.39, 0.29) is 18.4 Å². The topological polar surface area (TPSA) is 59.5 Å². The molecule has 0 spiro atoms. The predicted octanol–water partition coefficient (Wildman–Crippen LogP) is 1.90. The molecule has 1 aromatic rings. The lowest BCUT2D eigenvalue weighted by atomic mass is 10.1. The van der Waals surface area contributed by atoms with E-state index in [0.717, 1.165) is 31.4 Å². The standard InChI is InChI=1S/C15H20N2O2/c1-2-6-14(16)15(18)17(12-7-3-4-8-12)11-13-9-5-10-19-13/h1,5,9-10,12,14H,3-4,6-8,11,16H2. The second-order valence-electron chi connectivity index (χ2n) is 5.00. The average molecular weight is 260 g/mol. The molecular weight excluding hydrogens is 240 g/mol. The van der Waals surface area contributed by atoms with Gasteiger partial charge in [-0.2, -0.15) is 0 Å². The minimum Gasteiger partial charge on any atom is -0.467 e. The lowest BCUT2D eigenvalue weighted by molar-refractivity contribution is -0.135. The predicted molar refractivity (Wildman–Crippen MR) is 72.9 cm³/mol. The van der Waals surface area contributed by atoms with Crippen LogP contribution in [0.15, 0.2) is 22.8 Å². The van der Waals surface area contributed by atoms with Crippen LogP contribution in [0.1, 0.15) is 37.9 Å². The minimum absolute atomic E-state index is 0.0683. The first-order chi connectivity index (χ1) is 9.22. The van der Waals surface area contributed by atoms with Crippen molar-refractivity contribution in [2.75, 3.05) is 0 Å². The molecule has 0 radical (unpaired) electrons. The molecule has 19 heavy (non-hydrogen) atoms. The van der Waals surface area contributed by atoms with Gasteiger partial charge in [0.2, 0.25) is 5.91 Å². The van der Waals surface area contributed by atoms with Gasteiger partial charge >= 0.3 is 0 Å². The van der Waals surface area contributed by atoms with Gasteiger partial charge in [0.25, 0.3) is 0 Å². The lowest BCUT2D eigenvalue weighted by Crippen LogP contribution is -2.47. The Hall–Kier alpha value is -1.73. The van der Waals surface area contributed by atoms with E-state index in [4.69, 9.17) is 16.6 Å². The molecular formula is C15H20N2O2. The summed E-state index contributed by atoms with van der Waals surface area (Å²) < 4.78 is 5.34. The molecule has 1 aliphatic carbocycles. The van der Waals surface area contributed by atoms with Crippen molar-refractivity contribution in [3.05, 3.63) is 24.2 Å². The van der Waals surface area contributed by atoms with Crippen LogP contribution in [0.25, 0.3) is 0 Å². The Labute approximate surface area is 113 Å². The van der Waals surface area contributed by atoms with Gasteiger partial charge in [-0.15, -0.1) is 12.3 Å². The highest BCUT2D eigenvalue weighted by molar-refractivity contribution is 5.82. The van der Waals surface area contributed by atoms with Crippen molar-refractivity contribution in [2.45, 2.75) is 50.7 Å². The molecule has 1 aromatic heterocycles. The fourth-order valence-corrected chi connectivity index (χ4v) is 2.60. The summed E-state index contributed by atoms with van der Waals surface area (Å²) in [6.45, 7) is 0.481. The highest BCUT2D eigenvalue weighted by atomic mass is 16.3. The number of nitrogens with zero attached hydrogens (tertiary/aromatic N) is 1. The third kappa shape index (κ3) is 3.39. The molecule has 0 aliphatic heterocycles. The third-order valence-electron chi connectivity index (χ3n) is 3.61. The Bertz CT molecular complexity index is 441. The Balaban J connectivity index is 2.09. The van der Waals surface area contributed by atoms with Crippen molar-refractivity contribution in [2.24, 2.45) is 5.73 Å². The molecule has 4 nitrogen and oxygen atoms in total. The Morgan fingerprint density at radius 1 is 1.58 bits per heavy atom. The molecule has 1 aliphatic rings. The van der Waals surface area contributed by atoms with Crippen LogP contribution in [-0.2, 0) is 11.3 Å². The van der Waals surface area contributed by atoms with Gasteiger partial charge in [0.1, 0.15) is 5.76 Å². The van der Waals surface area contributed by atoms with Gasteiger partial charge in [-0.1, -0.05) is 12.8 Å². The number of terminal acetylenes is 1. The molecule has 1 unspecified atom stereocenters. The minimum atomic E-state index is -0.611. The van der Waals surface area contributed by atoms with E-state index < -0.39 is 6.04 Å². The van der Waals surface area contributed by atoms with Gasteiger partial charge in [-0.3, -0.25) is 4.79 Å². The maximum Gasteiger partial charge on any atom is 0.241 e. The van der Waals surface area contributed by atoms with Gasteiger partial charge in [-0.05, 0) is 25.0 Å². The molecule has 2 rings (SSSR count). The summed E-state index contributed by atoms with van der Waals surface area (Å²) >= 11 is 0. The van der Waals surface area contributed by atoms with E-state index >= 15 is 0 Å². The number of nitrogens with two attached hydrogens (primary N) is 1. The van der Waals surface area contributed by atoms with E-state index in [9.17, 15) is 4.79 Å². The third-order valence-corrected chi connectivity index (χ3v) is 3.61. The fraction of sp³-hybridized carbons (Fsp3) is 0.533. The first-order valence-electron chi connectivity index (χ1n) is 6.74. The summed E-state index contributed by atoms with van der Waals surface area (Å²) in [6.07, 6.45) is 11.5. The quantitative estimate of drug-likeness (QED) is 0.823. The van der Waals surface area contributed by atoms with E-state index in [2.05, 4.69) is 5.92 Å². The molecule has 102 valence electrons. The largest absolute Gasteiger partial charge is 0.467 e. The first-order valence-corrected chi connectivity index (χ1v) is 6.74. The maximum atomic E-state index is 12.4. The average Bonchev–Trinajstić information content (AvgIpc) is 3.08. The summed E-state index contributed by atoms with van der Waals surface area (Å²) in [5.74, 6) is 3.17. The molecule has 0 bridgehead atoms. The Kier molecular flexibility index (Phi) is 4.64. The van der Waals surface area contributed by atoms with Gasteiger partial charge in [0.05, 0.1) is 18.8 Å². The van der Waals surface area contributed by atoms with Gasteiger partial charge in [0.15, 0.2) is 0 Å². The number of hydrogen-bond acceptors (Lipinski definition) is 3. The van der Waals surface area contributed by atoms with Crippen LogP contribution in [-0.4, -0.2) is 22.9 Å². The summed E-state index contributed by atoms with van der Waals surface area (Å²) in [5.41, 5.74) is 5.86. The van der Waals surface area contributed by atoms with E-state index in [0.29, 0.717) is 6.54 Å². The van der Waals surface area contributed by atoms with E-state index in [1.54, 1.807) is 6.26 Å². The number of carbonyl (C=O) groups is 1. The number of rotatable bonds is 5. The van der Waals surface area contributed by atoms with Crippen LogP contribution < -0.4 is 5.73 Å². The maximum absolute atomic E-state index is 12.4. The molecule has 4 heteroatoms. The highest BCUT2D eigenvalue weighted by Gasteiger charge is 2.30. The van der Waals surface area contributed by atoms with Crippen molar-refractivity contribution >= 4 is 5.91 Å². The first kappa shape index (κ1) is 13.7. The zero-order valence-electron chi connectivity index (χ0n) is 11.0. The second kappa shape index (κ2) is 6.44. The van der Waals surface area contributed by atoms with Crippen molar-refractivity contribution in [3.8, 4) is 12.3 Å². The molecule has 0 saturated heterocycles. The van der Waals surface area contributed by atoms with Gasteiger partial charge in [0, 0.05) is 12.5 Å². The zero-order chi connectivity index (χ0) is 13.7. The summed E-state index contributed by atoms with van der Waals surface area (Å²) in [7, 11) is 0. The van der Waals surface area contributed by atoms with Crippen molar-refractivity contribution in [3.63, 3.8) is 0 Å². The Morgan fingerprint density at radius 2 is 2.32 bits per heavy atom. The Morgan fingerprint density at radius 3 is 2.89 bits per heavy atom. The van der Waals surface area contributed by atoms with Crippen LogP contribution in [0.4, 0.5) is 0 Å². The molecule has 1 heterocycles. The van der Waals surface area contributed by atoms with Crippen molar-refractivity contribution in [1.29, 1.82) is 0 Å². The van der Waals surface area contributed by atoms with E-state index in [1.807, 2.05) is 17.0 Å². The van der Waals surface area contributed by atoms with Gasteiger partial charge < -0.3 is 15.1 Å². The SMILES string of the molecule is C#CCC(N)C(=O)N(Cc1ccco1)C1CCCC1. The number of hydrogen-bond donors (Lipinski definition) is 1. The molecule has 1 fully saturated rings. The second-order valence-corrected chi connectivity index (χ2v) is 5.00. The van der Waals surface area contributed by atoms with Crippen LogP contribution >= 0.6 is 0 Å². The summed E-state index contributed by atoms with van der Waals surface area (Å²) in [4.78, 5) is 14.3. The molecule has 1 atom stereocenters. The number of amides is 1. The smallest absolute Gasteiger partial charge is 0.241 e. The molecule has 0 aromatic carbocycles. The molecule has 1 saturated carbocycles. The van der Waals surface area contributed by atoms with Crippen LogP contribution in [0.3, 0.4) is 0 Å².